The summed E-state index contributed by atoms with van der Waals surface area (Å²) in [7, 11) is 0. The Morgan fingerprint density at radius 2 is 1.93 bits per heavy atom. The highest BCUT2D eigenvalue weighted by atomic mass is 32.1. The average Bonchev–Trinajstić information content (AvgIpc) is 3.10. The first-order valence-corrected chi connectivity index (χ1v) is 10.3. The van der Waals surface area contributed by atoms with Crippen molar-refractivity contribution in [3.63, 3.8) is 0 Å². The molecule has 144 valence electrons. The van der Waals surface area contributed by atoms with Crippen LogP contribution in [0, 0.1) is 12.8 Å². The first-order valence-electron chi connectivity index (χ1n) is 9.52. The summed E-state index contributed by atoms with van der Waals surface area (Å²) in [5.41, 5.74) is 1.53. The van der Waals surface area contributed by atoms with Gasteiger partial charge in [0.1, 0.15) is 9.88 Å². The second kappa shape index (κ2) is 8.61. The zero-order valence-electron chi connectivity index (χ0n) is 16.1. The highest BCUT2D eigenvalue weighted by Crippen LogP contribution is 2.29. The van der Waals surface area contributed by atoms with E-state index in [4.69, 9.17) is 0 Å². The number of carbonyl (C=O) groups is 2. The summed E-state index contributed by atoms with van der Waals surface area (Å²) >= 11 is 1.39. The Balaban J connectivity index is 1.66. The lowest BCUT2D eigenvalue weighted by Crippen LogP contribution is -2.44. The van der Waals surface area contributed by atoms with Gasteiger partial charge in [-0.3, -0.25) is 14.6 Å². The number of hydrogen-bond acceptors (Lipinski definition) is 5. The zero-order chi connectivity index (χ0) is 19.4. The minimum absolute atomic E-state index is 0.0147. The van der Waals surface area contributed by atoms with Crippen molar-refractivity contribution in [2.24, 2.45) is 5.92 Å². The summed E-state index contributed by atoms with van der Waals surface area (Å²) in [5.74, 6) is 0.264. The Labute approximate surface area is 164 Å². The predicted molar refractivity (Wildman–Crippen MR) is 107 cm³/mol. The molecule has 0 N–H and O–H groups in total. The number of likely N-dealkylation sites (tertiary alicyclic amines) is 1. The number of hydrogen-bond donors (Lipinski definition) is 0. The third kappa shape index (κ3) is 4.18. The van der Waals surface area contributed by atoms with E-state index in [9.17, 15) is 9.59 Å². The number of rotatable bonds is 5. The van der Waals surface area contributed by atoms with Crippen LogP contribution >= 0.6 is 11.3 Å². The van der Waals surface area contributed by atoms with Gasteiger partial charge < -0.3 is 9.80 Å². The van der Waals surface area contributed by atoms with Gasteiger partial charge in [-0.1, -0.05) is 6.07 Å². The lowest BCUT2D eigenvalue weighted by Gasteiger charge is -2.33. The van der Waals surface area contributed by atoms with Gasteiger partial charge in [0.2, 0.25) is 5.91 Å². The van der Waals surface area contributed by atoms with Crippen molar-refractivity contribution in [2.75, 3.05) is 26.2 Å². The molecule has 0 saturated carbocycles. The summed E-state index contributed by atoms with van der Waals surface area (Å²) < 4.78 is 0. The first kappa shape index (κ1) is 19.5. The van der Waals surface area contributed by atoms with Gasteiger partial charge in [-0.2, -0.15) is 0 Å². The van der Waals surface area contributed by atoms with E-state index in [0.29, 0.717) is 18.0 Å². The topological polar surface area (TPSA) is 66.4 Å². The Bertz CT molecular complexity index is 794. The molecule has 0 aliphatic carbocycles. The van der Waals surface area contributed by atoms with Gasteiger partial charge in [-0.15, -0.1) is 11.3 Å². The second-order valence-corrected chi connectivity index (χ2v) is 7.72. The third-order valence-electron chi connectivity index (χ3n) is 5.08. The van der Waals surface area contributed by atoms with Crippen LogP contribution in [0.2, 0.25) is 0 Å². The number of piperidine rings is 1. The van der Waals surface area contributed by atoms with Crippen LogP contribution in [0.15, 0.2) is 24.4 Å². The van der Waals surface area contributed by atoms with Crippen molar-refractivity contribution in [2.45, 2.75) is 33.6 Å². The van der Waals surface area contributed by atoms with E-state index in [1.165, 1.54) is 11.3 Å². The van der Waals surface area contributed by atoms with Crippen molar-refractivity contribution in [1.82, 2.24) is 19.8 Å². The summed E-state index contributed by atoms with van der Waals surface area (Å²) in [5, 5.41) is 0.767. The molecular formula is C20H26N4O2S. The Hall–Kier alpha value is -2.28. The molecular weight excluding hydrogens is 360 g/mol. The molecule has 3 rings (SSSR count). The van der Waals surface area contributed by atoms with E-state index < -0.39 is 0 Å². The molecule has 2 aromatic heterocycles. The number of aromatic nitrogens is 2. The van der Waals surface area contributed by atoms with Crippen molar-refractivity contribution in [3.05, 3.63) is 35.0 Å². The van der Waals surface area contributed by atoms with Crippen molar-refractivity contribution in [1.29, 1.82) is 0 Å². The molecule has 0 radical (unpaired) electrons. The van der Waals surface area contributed by atoms with Crippen LogP contribution in [0.25, 0.3) is 10.7 Å². The largest absolute Gasteiger partial charge is 0.343 e. The number of thiazole rings is 1. The normalized spacial score (nSPS) is 15.0. The number of aryl methyl sites for hydroxylation is 1. The fourth-order valence-electron chi connectivity index (χ4n) is 3.46. The molecule has 3 heterocycles. The van der Waals surface area contributed by atoms with Gasteiger partial charge in [0.25, 0.3) is 5.91 Å². The van der Waals surface area contributed by atoms with E-state index in [0.717, 1.165) is 42.3 Å². The number of nitrogens with zero attached hydrogens (tertiary/aromatic N) is 4. The van der Waals surface area contributed by atoms with Crippen LogP contribution in [-0.4, -0.2) is 57.8 Å². The molecule has 2 amide bonds. The number of pyridine rings is 1. The van der Waals surface area contributed by atoms with Gasteiger partial charge in [-0.25, -0.2) is 4.98 Å². The van der Waals surface area contributed by atoms with Crippen LogP contribution in [0.1, 0.15) is 42.1 Å². The summed E-state index contributed by atoms with van der Waals surface area (Å²) in [6.07, 6.45) is 3.18. The van der Waals surface area contributed by atoms with Crippen LogP contribution < -0.4 is 0 Å². The van der Waals surface area contributed by atoms with Gasteiger partial charge in [0, 0.05) is 38.3 Å². The highest BCUT2D eigenvalue weighted by Gasteiger charge is 2.31. The van der Waals surface area contributed by atoms with Crippen LogP contribution in [0.3, 0.4) is 0 Å². The van der Waals surface area contributed by atoms with E-state index in [1.54, 1.807) is 6.20 Å². The molecule has 0 bridgehead atoms. The quantitative estimate of drug-likeness (QED) is 0.791. The maximum Gasteiger partial charge on any atom is 0.265 e. The van der Waals surface area contributed by atoms with Gasteiger partial charge in [0.15, 0.2) is 0 Å². The van der Waals surface area contributed by atoms with Crippen molar-refractivity contribution < 1.29 is 9.59 Å². The summed E-state index contributed by atoms with van der Waals surface area (Å²) in [6.45, 7) is 8.60. The minimum atomic E-state index is 0.0147. The Morgan fingerprint density at radius 1 is 1.22 bits per heavy atom. The van der Waals surface area contributed by atoms with Crippen LogP contribution in [-0.2, 0) is 4.79 Å². The van der Waals surface area contributed by atoms with Crippen molar-refractivity contribution in [3.8, 4) is 10.7 Å². The molecule has 7 heteroatoms. The van der Waals surface area contributed by atoms with E-state index in [1.807, 2.05) is 48.8 Å². The molecule has 1 saturated heterocycles. The standard InChI is InChI=1S/C20H26N4O2S/c1-4-23(5-2)19(25)15-9-12-24(13-10-15)20(26)17-14(3)22-18(27-17)16-8-6-7-11-21-16/h6-8,11,15H,4-5,9-10,12-13H2,1-3H3. The van der Waals surface area contributed by atoms with Crippen LogP contribution in [0.5, 0.6) is 0 Å². The van der Waals surface area contributed by atoms with Gasteiger partial charge >= 0.3 is 0 Å². The van der Waals surface area contributed by atoms with Crippen molar-refractivity contribution >= 4 is 23.2 Å². The molecule has 2 aromatic rings. The average molecular weight is 387 g/mol. The molecule has 0 aromatic carbocycles. The highest BCUT2D eigenvalue weighted by molar-refractivity contribution is 7.17. The molecule has 0 unspecified atom stereocenters. The smallest absolute Gasteiger partial charge is 0.265 e. The van der Waals surface area contributed by atoms with Crippen LogP contribution in [0.4, 0.5) is 0 Å². The predicted octanol–water partition coefficient (Wildman–Crippen LogP) is 3.23. The molecule has 0 atom stereocenters. The van der Waals surface area contributed by atoms with E-state index in [2.05, 4.69) is 9.97 Å². The molecule has 1 aliphatic rings. The Morgan fingerprint density at radius 3 is 2.52 bits per heavy atom. The molecule has 0 spiro atoms. The lowest BCUT2D eigenvalue weighted by molar-refractivity contribution is -0.136. The zero-order valence-corrected chi connectivity index (χ0v) is 17.0. The fraction of sp³-hybridized carbons (Fsp3) is 0.500. The van der Waals surface area contributed by atoms with Gasteiger partial charge in [0.05, 0.1) is 11.4 Å². The van der Waals surface area contributed by atoms with Gasteiger partial charge in [-0.05, 0) is 45.7 Å². The summed E-state index contributed by atoms with van der Waals surface area (Å²) in [6, 6.07) is 5.68. The molecule has 1 fully saturated rings. The molecule has 6 nitrogen and oxygen atoms in total. The Kier molecular flexibility index (Phi) is 6.21. The molecule has 27 heavy (non-hydrogen) atoms. The maximum atomic E-state index is 13.0. The number of carbonyl (C=O) groups excluding carboxylic acids is 2. The van der Waals surface area contributed by atoms with E-state index >= 15 is 0 Å². The van der Waals surface area contributed by atoms with E-state index in [-0.39, 0.29) is 17.7 Å². The second-order valence-electron chi connectivity index (χ2n) is 6.73. The number of amides is 2. The SMILES string of the molecule is CCN(CC)C(=O)C1CCN(C(=O)c2sc(-c3ccccn3)nc2C)CC1. The third-order valence-corrected chi connectivity index (χ3v) is 6.25. The fourth-order valence-corrected chi connectivity index (χ4v) is 4.47. The summed E-state index contributed by atoms with van der Waals surface area (Å²) in [4.78, 5) is 38.8. The monoisotopic (exact) mass is 386 g/mol. The maximum absolute atomic E-state index is 13.0. The molecule has 1 aliphatic heterocycles. The lowest BCUT2D eigenvalue weighted by atomic mass is 9.95. The minimum Gasteiger partial charge on any atom is -0.343 e. The first-order chi connectivity index (χ1) is 13.0.